The van der Waals surface area contributed by atoms with Gasteiger partial charge in [-0.15, -0.1) is 6.42 Å². The van der Waals surface area contributed by atoms with Gasteiger partial charge in [0, 0.05) is 19.2 Å². The highest BCUT2D eigenvalue weighted by atomic mass is 32.2. The van der Waals surface area contributed by atoms with Crippen molar-refractivity contribution in [2.45, 2.75) is 24.7 Å². The van der Waals surface area contributed by atoms with E-state index in [-0.39, 0.29) is 28.7 Å². The predicted octanol–water partition coefficient (Wildman–Crippen LogP) is 2.06. The van der Waals surface area contributed by atoms with Crippen LogP contribution in [0.15, 0.2) is 23.1 Å². The molecular weight excluding hydrogens is 318 g/mol. The van der Waals surface area contributed by atoms with Gasteiger partial charge in [-0.05, 0) is 30.9 Å². The molecule has 2 rings (SSSR count). The summed E-state index contributed by atoms with van der Waals surface area (Å²) in [6, 6.07) is 3.85. The molecule has 0 radical (unpaired) electrons. The largest absolute Gasteiger partial charge is 0.369 e. The van der Waals surface area contributed by atoms with Crippen molar-refractivity contribution >= 4 is 21.4 Å². The van der Waals surface area contributed by atoms with E-state index >= 15 is 0 Å². The fourth-order valence-corrected chi connectivity index (χ4v) is 4.25. The van der Waals surface area contributed by atoms with Crippen molar-refractivity contribution in [3.8, 4) is 12.3 Å². The van der Waals surface area contributed by atoms with Crippen LogP contribution in [0.1, 0.15) is 19.8 Å². The molecule has 1 aromatic rings. The number of nitrogens with zero attached hydrogens (tertiary/aromatic N) is 2. The summed E-state index contributed by atoms with van der Waals surface area (Å²) in [4.78, 5) is 10.5. The van der Waals surface area contributed by atoms with E-state index in [1.54, 1.807) is 0 Å². The highest BCUT2D eigenvalue weighted by Gasteiger charge is 2.30. The van der Waals surface area contributed by atoms with Crippen molar-refractivity contribution in [3.63, 3.8) is 0 Å². The normalized spacial score (nSPS) is 19.0. The zero-order valence-corrected chi connectivity index (χ0v) is 13.7. The number of anilines is 1. The lowest BCUT2D eigenvalue weighted by molar-refractivity contribution is -0.384. The molecule has 1 N–H and O–H groups in total. The number of nitro groups is 1. The first kappa shape index (κ1) is 17.2. The first-order valence-electron chi connectivity index (χ1n) is 7.32. The van der Waals surface area contributed by atoms with E-state index in [2.05, 4.69) is 11.2 Å². The third-order valence-electron chi connectivity index (χ3n) is 3.80. The van der Waals surface area contributed by atoms with Crippen LogP contribution in [0.3, 0.4) is 0 Å². The lowest BCUT2D eigenvalue weighted by Gasteiger charge is -2.30. The minimum Gasteiger partial charge on any atom is -0.369 e. The van der Waals surface area contributed by atoms with Gasteiger partial charge < -0.3 is 5.32 Å². The summed E-state index contributed by atoms with van der Waals surface area (Å²) in [5.41, 5.74) is -0.0923. The molecule has 0 saturated carbocycles. The van der Waals surface area contributed by atoms with Crippen molar-refractivity contribution in [1.29, 1.82) is 0 Å². The Morgan fingerprint density at radius 2 is 2.26 bits per heavy atom. The van der Waals surface area contributed by atoms with Gasteiger partial charge in [0.05, 0.1) is 16.4 Å². The van der Waals surface area contributed by atoms with E-state index in [0.29, 0.717) is 13.1 Å². The van der Waals surface area contributed by atoms with Gasteiger partial charge in [-0.2, -0.15) is 4.31 Å². The molecule has 0 unspecified atom stereocenters. The Kier molecular flexibility index (Phi) is 5.23. The van der Waals surface area contributed by atoms with Gasteiger partial charge in [-0.3, -0.25) is 10.1 Å². The summed E-state index contributed by atoms with van der Waals surface area (Å²) < 4.78 is 26.8. The summed E-state index contributed by atoms with van der Waals surface area (Å²) in [5, 5.41) is 13.9. The van der Waals surface area contributed by atoms with Crippen LogP contribution in [-0.2, 0) is 10.0 Å². The molecule has 1 saturated heterocycles. The average molecular weight is 337 g/mol. The molecule has 0 spiro atoms. The molecule has 0 amide bonds. The fourth-order valence-electron chi connectivity index (χ4n) is 2.63. The van der Waals surface area contributed by atoms with Gasteiger partial charge in [0.1, 0.15) is 5.69 Å². The van der Waals surface area contributed by atoms with Gasteiger partial charge in [0.25, 0.3) is 5.69 Å². The summed E-state index contributed by atoms with van der Waals surface area (Å²) >= 11 is 0. The van der Waals surface area contributed by atoms with Gasteiger partial charge in [0.2, 0.25) is 10.0 Å². The molecule has 1 aliphatic heterocycles. The Morgan fingerprint density at radius 3 is 2.87 bits per heavy atom. The first-order valence-corrected chi connectivity index (χ1v) is 8.76. The van der Waals surface area contributed by atoms with Crippen molar-refractivity contribution in [1.82, 2.24) is 4.31 Å². The SMILES string of the molecule is C#CCNc1ccc(S(=O)(=O)N2CCC[C@H](C)C2)cc1[N+](=O)[O-]. The standard InChI is InChI=1S/C15H19N3O4S/c1-3-8-16-14-7-6-13(10-15(14)18(19)20)23(21,22)17-9-4-5-12(2)11-17/h1,6-7,10,12,16H,4-5,8-9,11H2,2H3/t12-/m0/s1. The van der Waals surface area contributed by atoms with Crippen LogP contribution in [0.2, 0.25) is 0 Å². The maximum Gasteiger partial charge on any atom is 0.293 e. The molecular formula is C15H19N3O4S. The van der Waals surface area contributed by atoms with Gasteiger partial charge in [0.15, 0.2) is 0 Å². The minimum absolute atomic E-state index is 0.0652. The number of sulfonamides is 1. The van der Waals surface area contributed by atoms with Crippen LogP contribution in [-0.4, -0.2) is 37.3 Å². The molecule has 0 aliphatic carbocycles. The van der Waals surface area contributed by atoms with E-state index in [9.17, 15) is 18.5 Å². The number of piperidine rings is 1. The number of benzene rings is 1. The molecule has 7 nitrogen and oxygen atoms in total. The molecule has 0 aromatic heterocycles. The first-order chi connectivity index (χ1) is 10.9. The Labute approximate surface area is 135 Å². The lowest BCUT2D eigenvalue weighted by atomic mass is 10.0. The average Bonchev–Trinajstić information content (AvgIpc) is 2.52. The van der Waals surface area contributed by atoms with Crippen molar-refractivity contribution in [3.05, 3.63) is 28.3 Å². The summed E-state index contributed by atoms with van der Waals surface area (Å²) in [6.45, 7) is 3.00. The topological polar surface area (TPSA) is 92.6 Å². The Morgan fingerprint density at radius 1 is 1.52 bits per heavy atom. The zero-order chi connectivity index (χ0) is 17.0. The molecule has 0 bridgehead atoms. The van der Waals surface area contributed by atoms with Crippen molar-refractivity contribution in [2.24, 2.45) is 5.92 Å². The number of nitro benzene ring substituents is 1. The zero-order valence-electron chi connectivity index (χ0n) is 12.9. The summed E-state index contributed by atoms with van der Waals surface area (Å²) in [6.07, 6.45) is 6.91. The van der Waals surface area contributed by atoms with E-state index in [4.69, 9.17) is 6.42 Å². The Bertz CT molecular complexity index is 740. The van der Waals surface area contributed by atoms with Crippen LogP contribution < -0.4 is 5.32 Å². The van der Waals surface area contributed by atoms with E-state index < -0.39 is 14.9 Å². The maximum absolute atomic E-state index is 12.7. The number of nitrogens with one attached hydrogen (secondary N) is 1. The summed E-state index contributed by atoms with van der Waals surface area (Å²) in [5.74, 6) is 2.61. The van der Waals surface area contributed by atoms with Crippen LogP contribution in [0.25, 0.3) is 0 Å². The van der Waals surface area contributed by atoms with E-state index in [1.165, 1.54) is 16.4 Å². The van der Waals surface area contributed by atoms with Gasteiger partial charge >= 0.3 is 0 Å². The third-order valence-corrected chi connectivity index (χ3v) is 5.67. The minimum atomic E-state index is -3.73. The Hall–Kier alpha value is -2.11. The molecule has 1 fully saturated rings. The van der Waals surface area contributed by atoms with Crippen LogP contribution >= 0.6 is 0 Å². The molecule has 1 atom stereocenters. The molecule has 124 valence electrons. The van der Waals surface area contributed by atoms with Crippen molar-refractivity contribution in [2.75, 3.05) is 25.0 Å². The van der Waals surface area contributed by atoms with Gasteiger partial charge in [-0.25, -0.2) is 8.42 Å². The Balaban J connectivity index is 2.37. The third kappa shape index (κ3) is 3.81. The maximum atomic E-state index is 12.7. The van der Waals surface area contributed by atoms with Crippen LogP contribution in [0.4, 0.5) is 11.4 Å². The summed E-state index contributed by atoms with van der Waals surface area (Å²) in [7, 11) is -3.73. The van der Waals surface area contributed by atoms with E-state index in [1.807, 2.05) is 6.92 Å². The van der Waals surface area contributed by atoms with E-state index in [0.717, 1.165) is 18.9 Å². The van der Waals surface area contributed by atoms with Crippen molar-refractivity contribution < 1.29 is 13.3 Å². The number of terminal acetylenes is 1. The van der Waals surface area contributed by atoms with Crippen LogP contribution in [0, 0.1) is 28.4 Å². The van der Waals surface area contributed by atoms with Crippen LogP contribution in [0.5, 0.6) is 0 Å². The quantitative estimate of drug-likeness (QED) is 0.504. The predicted molar refractivity (Wildman–Crippen MR) is 87.6 cm³/mol. The second kappa shape index (κ2) is 6.98. The molecule has 23 heavy (non-hydrogen) atoms. The molecule has 1 heterocycles. The van der Waals surface area contributed by atoms with Gasteiger partial charge in [-0.1, -0.05) is 12.8 Å². The molecule has 1 aromatic carbocycles. The number of hydrogen-bond acceptors (Lipinski definition) is 5. The highest BCUT2D eigenvalue weighted by Crippen LogP contribution is 2.30. The fraction of sp³-hybridized carbons (Fsp3) is 0.467. The lowest BCUT2D eigenvalue weighted by Crippen LogP contribution is -2.39. The molecule has 8 heteroatoms. The number of hydrogen-bond donors (Lipinski definition) is 1. The second-order valence-electron chi connectivity index (χ2n) is 5.60. The smallest absolute Gasteiger partial charge is 0.293 e. The monoisotopic (exact) mass is 337 g/mol. The molecule has 1 aliphatic rings. The highest BCUT2D eigenvalue weighted by molar-refractivity contribution is 7.89. The number of rotatable bonds is 5. The second-order valence-corrected chi connectivity index (χ2v) is 7.54.